The summed E-state index contributed by atoms with van der Waals surface area (Å²) in [7, 11) is 0. The Morgan fingerprint density at radius 3 is 2.04 bits per heavy atom. The van der Waals surface area contributed by atoms with Crippen molar-refractivity contribution >= 4 is 16.5 Å². The number of anilines is 1. The molecular weight excluding hydrogens is 328 g/mol. The molecule has 2 heteroatoms. The summed E-state index contributed by atoms with van der Waals surface area (Å²) in [6.45, 7) is 13.0. The molecule has 27 heavy (non-hydrogen) atoms. The lowest BCUT2D eigenvalue weighted by Crippen LogP contribution is -2.27. The van der Waals surface area contributed by atoms with Crippen LogP contribution < -0.4 is 5.32 Å². The predicted molar refractivity (Wildman–Crippen MR) is 116 cm³/mol. The van der Waals surface area contributed by atoms with Gasteiger partial charge in [0.15, 0.2) is 0 Å². The highest BCUT2D eigenvalue weighted by molar-refractivity contribution is 6.00. The lowest BCUT2D eigenvalue weighted by Gasteiger charge is -2.26. The van der Waals surface area contributed by atoms with Crippen LogP contribution in [0, 0.1) is 11.3 Å². The van der Waals surface area contributed by atoms with Crippen molar-refractivity contribution in [3.63, 3.8) is 0 Å². The number of nitrogens with zero attached hydrogens (tertiary/aromatic N) is 1. The van der Waals surface area contributed by atoms with Crippen molar-refractivity contribution in [2.45, 2.75) is 52.5 Å². The maximum atomic E-state index is 9.95. The second-order valence-electron chi connectivity index (χ2n) is 9.21. The maximum absolute atomic E-state index is 9.95. The van der Waals surface area contributed by atoms with Gasteiger partial charge in [0.25, 0.3) is 0 Å². The topological polar surface area (TPSA) is 35.8 Å². The normalized spacial score (nSPS) is 12.0. The van der Waals surface area contributed by atoms with Crippen LogP contribution in [0.15, 0.2) is 54.6 Å². The van der Waals surface area contributed by atoms with Gasteiger partial charge in [-0.05, 0) is 48.8 Å². The highest BCUT2D eigenvalue weighted by Gasteiger charge is 2.20. The maximum Gasteiger partial charge on any atom is 0.102 e. The van der Waals surface area contributed by atoms with Gasteiger partial charge in [0.2, 0.25) is 0 Å². The molecule has 3 rings (SSSR count). The fourth-order valence-corrected chi connectivity index (χ4v) is 3.35. The summed E-state index contributed by atoms with van der Waals surface area (Å²) in [5.74, 6) is 0. The minimum absolute atomic E-state index is 0.117. The first-order valence-corrected chi connectivity index (χ1v) is 9.45. The van der Waals surface area contributed by atoms with Crippen molar-refractivity contribution in [1.82, 2.24) is 0 Å². The van der Waals surface area contributed by atoms with Crippen molar-refractivity contribution in [1.29, 1.82) is 5.26 Å². The summed E-state index contributed by atoms with van der Waals surface area (Å²) < 4.78 is 0. The van der Waals surface area contributed by atoms with Gasteiger partial charge in [0.05, 0.1) is 11.3 Å². The molecule has 0 aromatic heterocycles. The number of hydrogen-bond acceptors (Lipinski definition) is 2. The molecule has 0 fully saturated rings. The van der Waals surface area contributed by atoms with Crippen molar-refractivity contribution in [2.24, 2.45) is 0 Å². The summed E-state index contributed by atoms with van der Waals surface area (Å²) >= 11 is 0. The van der Waals surface area contributed by atoms with E-state index >= 15 is 0 Å². The first-order chi connectivity index (χ1) is 12.6. The zero-order valence-corrected chi connectivity index (χ0v) is 17.1. The molecule has 2 nitrogen and oxygen atoms in total. The smallest absolute Gasteiger partial charge is 0.102 e. The average molecular weight is 357 g/mol. The Morgan fingerprint density at radius 1 is 0.852 bits per heavy atom. The molecule has 0 bridgehead atoms. The molecule has 3 aromatic rings. The zero-order chi connectivity index (χ0) is 19.8. The molecule has 0 amide bonds. The van der Waals surface area contributed by atoms with Gasteiger partial charge in [-0.25, -0.2) is 0 Å². The van der Waals surface area contributed by atoms with Crippen LogP contribution in [-0.2, 0) is 5.41 Å². The third kappa shape index (κ3) is 3.98. The molecule has 0 saturated carbocycles. The molecule has 0 aliphatic carbocycles. The van der Waals surface area contributed by atoms with E-state index in [4.69, 9.17) is 0 Å². The molecule has 0 unspecified atom stereocenters. The number of nitriles is 1. The van der Waals surface area contributed by atoms with E-state index in [9.17, 15) is 5.26 Å². The van der Waals surface area contributed by atoms with Gasteiger partial charge < -0.3 is 5.32 Å². The van der Waals surface area contributed by atoms with E-state index < -0.39 is 0 Å². The number of benzene rings is 3. The monoisotopic (exact) mass is 356 g/mol. The van der Waals surface area contributed by atoms with E-state index in [-0.39, 0.29) is 11.0 Å². The number of nitrogens with one attached hydrogen (secondary N) is 1. The Labute approximate surface area is 162 Å². The molecule has 0 aliphatic rings. The number of rotatable bonds is 2. The van der Waals surface area contributed by atoms with Gasteiger partial charge in [-0.15, -0.1) is 0 Å². The minimum Gasteiger partial charge on any atom is -0.379 e. The average Bonchev–Trinajstić information content (AvgIpc) is 2.59. The van der Waals surface area contributed by atoms with Gasteiger partial charge >= 0.3 is 0 Å². The quantitative estimate of drug-likeness (QED) is 0.543. The van der Waals surface area contributed by atoms with E-state index in [0.29, 0.717) is 5.56 Å². The highest BCUT2D eigenvalue weighted by Crippen LogP contribution is 2.38. The van der Waals surface area contributed by atoms with Gasteiger partial charge in [-0.1, -0.05) is 69.3 Å². The van der Waals surface area contributed by atoms with Crippen molar-refractivity contribution in [3.05, 3.63) is 65.7 Å². The zero-order valence-electron chi connectivity index (χ0n) is 17.1. The molecule has 0 saturated heterocycles. The fraction of sp³-hybridized carbons (Fsp3) is 0.320. The lowest BCUT2D eigenvalue weighted by atomic mass is 9.85. The Bertz CT molecular complexity index is 1010. The van der Waals surface area contributed by atoms with E-state index in [1.165, 1.54) is 5.56 Å². The molecule has 138 valence electrons. The fourth-order valence-electron chi connectivity index (χ4n) is 3.35. The van der Waals surface area contributed by atoms with Gasteiger partial charge in [-0.3, -0.25) is 0 Å². The number of hydrogen-bond donors (Lipinski definition) is 1. The van der Waals surface area contributed by atoms with Crippen LogP contribution in [0.1, 0.15) is 52.7 Å². The second-order valence-corrected chi connectivity index (χ2v) is 9.21. The van der Waals surface area contributed by atoms with Crippen molar-refractivity contribution < 1.29 is 0 Å². The molecule has 0 radical (unpaired) electrons. The standard InChI is InChI=1S/C25H28N2/c1-24(2,3)19-13-11-17(12-14-19)21-15-18-9-7-8-10-20(18)22(16-26)23(21)27-25(4,5)6/h7-15,27H,1-6H3. The SMILES string of the molecule is CC(C)(C)Nc1c(-c2ccc(C(C)(C)C)cc2)cc2ccccc2c1C#N. The minimum atomic E-state index is -0.145. The Kier molecular flexibility index (Phi) is 4.74. The summed E-state index contributed by atoms with van der Waals surface area (Å²) in [5.41, 5.74) is 5.08. The molecule has 0 aliphatic heterocycles. The molecule has 0 heterocycles. The summed E-state index contributed by atoms with van der Waals surface area (Å²) in [6.07, 6.45) is 0. The second kappa shape index (κ2) is 6.74. The third-order valence-electron chi connectivity index (χ3n) is 4.72. The predicted octanol–water partition coefficient (Wildman–Crippen LogP) is 6.89. The molecule has 3 aromatic carbocycles. The van der Waals surface area contributed by atoms with Gasteiger partial charge in [0, 0.05) is 16.5 Å². The van der Waals surface area contributed by atoms with Gasteiger partial charge in [-0.2, -0.15) is 5.26 Å². The van der Waals surface area contributed by atoms with E-state index in [2.05, 4.69) is 89.3 Å². The largest absolute Gasteiger partial charge is 0.379 e. The third-order valence-corrected chi connectivity index (χ3v) is 4.72. The summed E-state index contributed by atoms with van der Waals surface area (Å²) in [6, 6.07) is 21.5. The van der Waals surface area contributed by atoms with Crippen LogP contribution in [0.4, 0.5) is 5.69 Å². The molecule has 1 N–H and O–H groups in total. The Balaban J connectivity index is 2.27. The first-order valence-electron chi connectivity index (χ1n) is 9.45. The molecule has 0 spiro atoms. The summed E-state index contributed by atoms with van der Waals surface area (Å²) in [5, 5.41) is 15.6. The van der Waals surface area contributed by atoms with Crippen LogP contribution in [0.5, 0.6) is 0 Å². The highest BCUT2D eigenvalue weighted by atomic mass is 15.0. The lowest BCUT2D eigenvalue weighted by molar-refractivity contribution is 0.590. The van der Waals surface area contributed by atoms with E-state index in [1.807, 2.05) is 18.2 Å². The molecule has 0 atom stereocenters. The van der Waals surface area contributed by atoms with Crippen LogP contribution in [0.25, 0.3) is 21.9 Å². The molecular formula is C25H28N2. The first kappa shape index (κ1) is 19.0. The van der Waals surface area contributed by atoms with E-state index in [0.717, 1.165) is 27.6 Å². The van der Waals surface area contributed by atoms with Gasteiger partial charge in [0.1, 0.15) is 6.07 Å². The van der Waals surface area contributed by atoms with Crippen LogP contribution in [-0.4, -0.2) is 5.54 Å². The van der Waals surface area contributed by atoms with Crippen molar-refractivity contribution in [2.75, 3.05) is 5.32 Å². The Hall–Kier alpha value is -2.79. The Morgan fingerprint density at radius 2 is 1.48 bits per heavy atom. The van der Waals surface area contributed by atoms with Crippen LogP contribution in [0.3, 0.4) is 0 Å². The number of fused-ring (bicyclic) bond motifs is 1. The van der Waals surface area contributed by atoms with Crippen LogP contribution in [0.2, 0.25) is 0 Å². The van der Waals surface area contributed by atoms with Crippen LogP contribution >= 0.6 is 0 Å². The van der Waals surface area contributed by atoms with E-state index in [1.54, 1.807) is 0 Å². The van der Waals surface area contributed by atoms with Crippen molar-refractivity contribution in [3.8, 4) is 17.2 Å². The summed E-state index contributed by atoms with van der Waals surface area (Å²) in [4.78, 5) is 0.